The maximum Gasteiger partial charge on any atom is 0.255 e. The van der Waals surface area contributed by atoms with Gasteiger partial charge in [0.1, 0.15) is 6.33 Å². The average molecular weight is 339 g/mol. The Morgan fingerprint density at radius 3 is 2.65 bits per heavy atom. The molecule has 0 aliphatic heterocycles. The molecule has 0 aliphatic rings. The molecule has 0 saturated carbocycles. The van der Waals surface area contributed by atoms with Crippen LogP contribution in [-0.2, 0) is 0 Å². The van der Waals surface area contributed by atoms with Crippen molar-refractivity contribution in [3.63, 3.8) is 0 Å². The van der Waals surface area contributed by atoms with E-state index in [4.69, 9.17) is 5.73 Å². The van der Waals surface area contributed by atoms with Crippen LogP contribution in [0.2, 0.25) is 0 Å². The lowest BCUT2D eigenvalue weighted by Gasteiger charge is -2.22. The molecule has 0 radical (unpaired) electrons. The lowest BCUT2D eigenvalue weighted by molar-refractivity contribution is 0.0789. The lowest BCUT2D eigenvalue weighted by Crippen LogP contribution is -2.35. The molecule has 0 fully saturated rings. The fourth-order valence-corrected chi connectivity index (χ4v) is 2.11. The summed E-state index contributed by atoms with van der Waals surface area (Å²) in [4.78, 5) is 14.3. The highest BCUT2D eigenvalue weighted by Crippen LogP contribution is 2.15. The topological polar surface area (TPSA) is 89.9 Å². The highest BCUT2D eigenvalue weighted by Gasteiger charge is 2.18. The SMILES string of the molecule is CC(C)C(N)CCN(C)C(=O)c1ccccc1-n1cnnn1.Cl. The second-order valence-electron chi connectivity index (χ2n) is 5.69. The van der Waals surface area contributed by atoms with Crippen molar-refractivity contribution in [1.29, 1.82) is 0 Å². The Morgan fingerprint density at radius 2 is 2.04 bits per heavy atom. The van der Waals surface area contributed by atoms with Crippen molar-refractivity contribution in [2.75, 3.05) is 13.6 Å². The van der Waals surface area contributed by atoms with Gasteiger partial charge in [-0.15, -0.1) is 17.5 Å². The van der Waals surface area contributed by atoms with E-state index < -0.39 is 0 Å². The lowest BCUT2D eigenvalue weighted by atomic mass is 10.0. The summed E-state index contributed by atoms with van der Waals surface area (Å²) in [5.41, 5.74) is 7.27. The number of rotatable bonds is 6. The Hall–Kier alpha value is -1.99. The van der Waals surface area contributed by atoms with E-state index in [1.165, 1.54) is 11.0 Å². The normalized spacial score (nSPS) is 11.9. The fraction of sp³-hybridized carbons (Fsp3) is 0.467. The summed E-state index contributed by atoms with van der Waals surface area (Å²) in [7, 11) is 1.78. The average Bonchev–Trinajstić information content (AvgIpc) is 3.05. The largest absolute Gasteiger partial charge is 0.342 e. The minimum atomic E-state index is -0.0675. The summed E-state index contributed by atoms with van der Waals surface area (Å²) in [6, 6.07) is 7.36. The van der Waals surface area contributed by atoms with Crippen molar-refractivity contribution in [2.24, 2.45) is 11.7 Å². The molecule has 0 bridgehead atoms. The van der Waals surface area contributed by atoms with Crippen LogP contribution in [0.15, 0.2) is 30.6 Å². The van der Waals surface area contributed by atoms with Crippen LogP contribution in [0.3, 0.4) is 0 Å². The third kappa shape index (κ3) is 4.74. The van der Waals surface area contributed by atoms with Crippen molar-refractivity contribution in [2.45, 2.75) is 26.3 Å². The molecule has 2 N–H and O–H groups in total. The zero-order valence-corrected chi connectivity index (χ0v) is 14.4. The van der Waals surface area contributed by atoms with Gasteiger partial charge in [0.25, 0.3) is 5.91 Å². The number of tetrazole rings is 1. The Balaban J connectivity index is 0.00000264. The minimum Gasteiger partial charge on any atom is -0.342 e. The van der Waals surface area contributed by atoms with Crippen LogP contribution in [0, 0.1) is 5.92 Å². The van der Waals surface area contributed by atoms with Crippen molar-refractivity contribution in [1.82, 2.24) is 25.1 Å². The third-order valence-corrected chi connectivity index (χ3v) is 3.73. The van der Waals surface area contributed by atoms with Crippen LogP contribution in [0.25, 0.3) is 5.69 Å². The molecule has 1 aromatic heterocycles. The number of nitrogens with two attached hydrogens (primary N) is 1. The Morgan fingerprint density at radius 1 is 1.35 bits per heavy atom. The molecule has 7 nitrogen and oxygen atoms in total. The first-order valence-corrected chi connectivity index (χ1v) is 7.34. The molecule has 8 heteroatoms. The maximum atomic E-state index is 12.6. The fourth-order valence-electron chi connectivity index (χ4n) is 2.11. The van der Waals surface area contributed by atoms with E-state index in [1.807, 2.05) is 18.2 Å². The van der Waals surface area contributed by atoms with Gasteiger partial charge in [-0.2, -0.15) is 4.68 Å². The molecule has 1 aromatic carbocycles. The van der Waals surface area contributed by atoms with E-state index in [9.17, 15) is 4.79 Å². The van der Waals surface area contributed by atoms with Gasteiger partial charge < -0.3 is 10.6 Å². The van der Waals surface area contributed by atoms with E-state index in [1.54, 1.807) is 18.0 Å². The second-order valence-corrected chi connectivity index (χ2v) is 5.69. The first kappa shape index (κ1) is 19.1. The Kier molecular flexibility index (Phi) is 7.12. The molecule has 1 atom stereocenters. The van der Waals surface area contributed by atoms with E-state index in [-0.39, 0.29) is 24.4 Å². The van der Waals surface area contributed by atoms with Crippen LogP contribution in [0.4, 0.5) is 0 Å². The molecule has 2 rings (SSSR count). The Bertz CT molecular complexity index is 616. The van der Waals surface area contributed by atoms with Crippen LogP contribution >= 0.6 is 12.4 Å². The van der Waals surface area contributed by atoms with E-state index >= 15 is 0 Å². The zero-order chi connectivity index (χ0) is 16.1. The van der Waals surface area contributed by atoms with Crippen LogP contribution < -0.4 is 5.73 Å². The van der Waals surface area contributed by atoms with Gasteiger partial charge in [0, 0.05) is 19.6 Å². The van der Waals surface area contributed by atoms with Gasteiger partial charge in [-0.25, -0.2) is 0 Å². The van der Waals surface area contributed by atoms with Gasteiger partial charge in [-0.05, 0) is 34.9 Å². The van der Waals surface area contributed by atoms with Crippen molar-refractivity contribution in [3.8, 4) is 5.69 Å². The second kappa shape index (κ2) is 8.59. The summed E-state index contributed by atoms with van der Waals surface area (Å²) < 4.78 is 1.49. The zero-order valence-electron chi connectivity index (χ0n) is 13.6. The molecule has 0 spiro atoms. The molecule has 1 heterocycles. The quantitative estimate of drug-likeness (QED) is 0.862. The van der Waals surface area contributed by atoms with Crippen LogP contribution in [-0.4, -0.2) is 50.6 Å². The van der Waals surface area contributed by atoms with Crippen molar-refractivity contribution < 1.29 is 4.79 Å². The van der Waals surface area contributed by atoms with Gasteiger partial charge in [-0.3, -0.25) is 4.79 Å². The Labute approximate surface area is 142 Å². The number of benzene rings is 1. The van der Waals surface area contributed by atoms with Crippen LogP contribution in [0.1, 0.15) is 30.6 Å². The number of aromatic nitrogens is 4. The number of halogens is 1. The molecular formula is C15H23ClN6O. The molecule has 0 saturated heterocycles. The molecule has 23 heavy (non-hydrogen) atoms. The van der Waals surface area contributed by atoms with Gasteiger partial charge in [0.05, 0.1) is 11.3 Å². The summed E-state index contributed by atoms with van der Waals surface area (Å²) in [5.74, 6) is 0.332. The van der Waals surface area contributed by atoms with Gasteiger partial charge in [-0.1, -0.05) is 26.0 Å². The van der Waals surface area contributed by atoms with Crippen molar-refractivity contribution in [3.05, 3.63) is 36.2 Å². The molecule has 1 unspecified atom stereocenters. The predicted octanol–water partition coefficient (Wildman–Crippen LogP) is 1.53. The molecule has 0 aliphatic carbocycles. The molecule has 126 valence electrons. The summed E-state index contributed by atoms with van der Waals surface area (Å²) in [6.07, 6.45) is 2.24. The van der Waals surface area contributed by atoms with Gasteiger partial charge in [0.15, 0.2) is 0 Å². The maximum absolute atomic E-state index is 12.6. The number of para-hydroxylation sites is 1. The molecular weight excluding hydrogens is 316 g/mol. The predicted molar refractivity (Wildman–Crippen MR) is 90.8 cm³/mol. The number of carbonyl (C=O) groups excluding carboxylic acids is 1. The standard InChI is InChI=1S/C15H22N6O.ClH/c1-11(2)13(16)8-9-20(3)15(22)12-6-4-5-7-14(12)21-10-17-18-19-21;/h4-7,10-11,13H,8-9,16H2,1-3H3;1H. The highest BCUT2D eigenvalue weighted by molar-refractivity contribution is 5.97. The molecule has 1 amide bonds. The summed E-state index contributed by atoms with van der Waals surface area (Å²) in [6.45, 7) is 4.78. The highest BCUT2D eigenvalue weighted by atomic mass is 35.5. The monoisotopic (exact) mass is 338 g/mol. The molecule has 2 aromatic rings. The number of nitrogens with zero attached hydrogens (tertiary/aromatic N) is 5. The van der Waals surface area contributed by atoms with E-state index in [2.05, 4.69) is 29.4 Å². The van der Waals surface area contributed by atoms with Gasteiger partial charge in [0.2, 0.25) is 0 Å². The number of amides is 1. The summed E-state index contributed by atoms with van der Waals surface area (Å²) >= 11 is 0. The van der Waals surface area contributed by atoms with E-state index in [0.29, 0.717) is 23.7 Å². The smallest absolute Gasteiger partial charge is 0.255 e. The number of carbonyl (C=O) groups is 1. The first-order valence-electron chi connectivity index (χ1n) is 7.34. The number of hydrogen-bond donors (Lipinski definition) is 1. The van der Waals surface area contributed by atoms with Gasteiger partial charge >= 0.3 is 0 Å². The van der Waals surface area contributed by atoms with E-state index in [0.717, 1.165) is 6.42 Å². The van der Waals surface area contributed by atoms with Crippen LogP contribution in [0.5, 0.6) is 0 Å². The van der Waals surface area contributed by atoms with Crippen molar-refractivity contribution >= 4 is 18.3 Å². The first-order chi connectivity index (χ1) is 10.5. The number of hydrogen-bond acceptors (Lipinski definition) is 5. The third-order valence-electron chi connectivity index (χ3n) is 3.73. The summed E-state index contributed by atoms with van der Waals surface area (Å²) in [5, 5.41) is 11.1. The minimum absolute atomic E-state index is 0.